The van der Waals surface area contributed by atoms with Crippen LogP contribution in [-0.2, 0) is 21.7 Å². The third kappa shape index (κ3) is 8.18. The van der Waals surface area contributed by atoms with E-state index in [0.717, 1.165) is 50.5 Å². The van der Waals surface area contributed by atoms with Gasteiger partial charge in [0.1, 0.15) is 0 Å². The Hall–Kier alpha value is -10.1. The number of rotatable bonds is 4. The minimum absolute atomic E-state index is 0.0594. The molecule has 18 rings (SSSR count). The molecule has 0 saturated carbocycles. The molecule has 1 aromatic heterocycles. The van der Waals surface area contributed by atoms with Crippen LogP contribution in [0.5, 0.6) is 0 Å². The monoisotopic (exact) mass is 1200 g/mol. The van der Waals surface area contributed by atoms with Gasteiger partial charge in [-0.25, -0.2) is 9.97 Å². The molecule has 0 unspecified atom stereocenters. The summed E-state index contributed by atoms with van der Waals surface area (Å²) in [6.45, 7) is 27.6. The van der Waals surface area contributed by atoms with E-state index in [1.807, 2.05) is 0 Å². The number of benzene rings is 15. The summed E-state index contributed by atoms with van der Waals surface area (Å²) in [5, 5.41) is 21.4. The Labute approximate surface area is 544 Å². The number of para-hydroxylation sites is 1. The minimum atomic E-state index is -0.227. The first-order chi connectivity index (χ1) is 44.7. The molecule has 0 fully saturated rings. The molecule has 15 aromatic carbocycles. The summed E-state index contributed by atoms with van der Waals surface area (Å²) in [7, 11) is 0. The van der Waals surface area contributed by atoms with Gasteiger partial charge < -0.3 is 9.80 Å². The zero-order valence-electron chi connectivity index (χ0n) is 55.2. The summed E-state index contributed by atoms with van der Waals surface area (Å²) in [4.78, 5) is 16.9. The van der Waals surface area contributed by atoms with Crippen molar-refractivity contribution in [3.63, 3.8) is 0 Å². The Morgan fingerprint density at radius 3 is 1.11 bits per heavy atom. The van der Waals surface area contributed by atoms with Crippen molar-refractivity contribution >= 4 is 154 Å². The quantitative estimate of drug-likeness (QED) is 0.0999. The fourth-order valence-electron chi connectivity index (χ4n) is 16.3. The zero-order chi connectivity index (χ0) is 63.5. The average Bonchev–Trinajstić information content (AvgIpc) is 0.675. The van der Waals surface area contributed by atoms with E-state index in [1.54, 1.807) is 0 Å². The minimum Gasteiger partial charge on any atom is -0.311 e. The largest absolute Gasteiger partial charge is 0.311 e. The second-order valence-corrected chi connectivity index (χ2v) is 30.9. The van der Waals surface area contributed by atoms with E-state index >= 15 is 0 Å². The van der Waals surface area contributed by atoms with Crippen LogP contribution in [-0.4, -0.2) is 16.7 Å². The van der Waals surface area contributed by atoms with Crippen molar-refractivity contribution in [1.29, 1.82) is 0 Å². The van der Waals surface area contributed by atoms with Gasteiger partial charge >= 0.3 is 0 Å². The van der Waals surface area contributed by atoms with E-state index in [9.17, 15) is 0 Å². The zero-order valence-corrected chi connectivity index (χ0v) is 55.2. The lowest BCUT2D eigenvalue weighted by Gasteiger charge is -2.45. The molecular weight excluding hydrogens is 1120 g/mol. The van der Waals surface area contributed by atoms with Crippen molar-refractivity contribution in [2.75, 3.05) is 9.80 Å². The average molecular weight is 1200 g/mol. The van der Waals surface area contributed by atoms with Crippen LogP contribution in [0.2, 0.25) is 0 Å². The number of hydrogen-bond acceptors (Lipinski definition) is 4. The molecule has 448 valence electrons. The first kappa shape index (κ1) is 55.7. The number of hydrogen-bond donors (Lipinski definition) is 0. The topological polar surface area (TPSA) is 32.3 Å². The molecule has 93 heavy (non-hydrogen) atoms. The molecule has 0 N–H and O–H groups in total. The van der Waals surface area contributed by atoms with Gasteiger partial charge in [-0.2, -0.15) is 0 Å². The molecule has 5 heteroatoms. The smallest absolute Gasteiger partial charge is 0.252 e. The number of nitrogens with zero attached hydrogens (tertiary/aromatic N) is 4. The third-order valence-corrected chi connectivity index (χ3v) is 21.1. The molecule has 4 nitrogen and oxygen atoms in total. The molecule has 16 aromatic rings. The fraction of sp³-hybridized carbons (Fsp3) is 0.182. The van der Waals surface area contributed by atoms with Gasteiger partial charge in [0, 0.05) is 61.4 Å². The van der Waals surface area contributed by atoms with Gasteiger partial charge in [0.25, 0.3) is 6.71 Å². The summed E-state index contributed by atoms with van der Waals surface area (Å²) >= 11 is 0. The Kier molecular flexibility index (Phi) is 11.5. The second-order valence-electron chi connectivity index (χ2n) is 30.9. The molecule has 0 radical (unpaired) electrons. The van der Waals surface area contributed by atoms with Crippen LogP contribution in [0.15, 0.2) is 224 Å². The molecule has 2 aliphatic rings. The normalized spacial score (nSPS) is 13.7. The number of aromatic nitrogens is 2. The highest BCUT2D eigenvalue weighted by atomic mass is 15.2. The standard InChI is InChI=1S/C88H73BN4/c1-85(2,3)54-35-39-58(40-36-54)92-74-45-53(84-90-73-34-14-13-25-66(73)81(91-84)52-43-56(87(7,8)9)47-57(44-52)88(10,11)12)46-75-80(74)89(71-48-69-64-28-17-23-50-21-15-26-60(76(50)64)62-30-19-32-67(78(62)69)82(71)92)72-49-70-65-29-18-24-51-22-16-27-61(77(51)65)63-31-20-33-68(79(63)70)83(72)93(75)59-41-37-55(38-42-59)86(4,5)6/h13-49H,1-12H3. The van der Waals surface area contributed by atoms with Gasteiger partial charge in [0.05, 0.1) is 11.2 Å². The van der Waals surface area contributed by atoms with Crippen LogP contribution < -0.4 is 26.2 Å². The predicted octanol–water partition coefficient (Wildman–Crippen LogP) is 22.3. The lowest BCUT2D eigenvalue weighted by atomic mass is 9.33. The molecule has 0 bridgehead atoms. The summed E-state index contributed by atoms with van der Waals surface area (Å²) in [6, 6.07) is 86.7. The van der Waals surface area contributed by atoms with Crippen molar-refractivity contribution in [2.45, 2.75) is 105 Å². The van der Waals surface area contributed by atoms with E-state index in [-0.39, 0.29) is 28.4 Å². The van der Waals surface area contributed by atoms with Crippen molar-refractivity contribution < 1.29 is 0 Å². The Morgan fingerprint density at radius 1 is 0.301 bits per heavy atom. The van der Waals surface area contributed by atoms with E-state index in [0.29, 0.717) is 5.82 Å². The number of fused-ring (bicyclic) bond motifs is 11. The second kappa shape index (κ2) is 19.2. The van der Waals surface area contributed by atoms with E-state index in [4.69, 9.17) is 9.97 Å². The lowest BCUT2D eigenvalue weighted by Crippen LogP contribution is -2.61. The molecule has 0 amide bonds. The van der Waals surface area contributed by atoms with E-state index < -0.39 is 0 Å². The molecule has 3 heterocycles. The maximum atomic E-state index is 5.93. The fourth-order valence-corrected chi connectivity index (χ4v) is 16.3. The molecule has 0 atom stereocenters. The van der Waals surface area contributed by atoms with Crippen LogP contribution in [0.3, 0.4) is 0 Å². The highest BCUT2D eigenvalue weighted by molar-refractivity contribution is 7.01. The third-order valence-electron chi connectivity index (χ3n) is 21.1. The van der Waals surface area contributed by atoms with Crippen LogP contribution in [0.1, 0.15) is 105 Å². The molecule has 2 aliphatic heterocycles. The van der Waals surface area contributed by atoms with Gasteiger partial charge in [0.2, 0.25) is 0 Å². The molecule has 0 aliphatic carbocycles. The highest BCUT2D eigenvalue weighted by Gasteiger charge is 2.46. The Morgan fingerprint density at radius 2 is 0.677 bits per heavy atom. The SMILES string of the molecule is CC(C)(C)c1ccc(N2c3cc(-c4nc(-c5cc(C(C)(C)C)cc(C(C)(C)C)c5)c5ccccc5n4)cc4c3B(c3cc5c6cccc7cccc(c8cccc(c32)c85)c76)c2cc3c5cccc6cccc(c7cccc(c2N4c2ccc(C(C)(C)C)cc2)c73)c65)cc1. The Bertz CT molecular complexity index is 5530. The highest BCUT2D eigenvalue weighted by Crippen LogP contribution is 2.54. The van der Waals surface area contributed by atoms with Gasteiger partial charge in [-0.3, -0.25) is 0 Å². The van der Waals surface area contributed by atoms with Crippen molar-refractivity contribution in [3.05, 3.63) is 247 Å². The Balaban J connectivity index is 1.04. The first-order valence-electron chi connectivity index (χ1n) is 33.3. The van der Waals surface area contributed by atoms with E-state index in [2.05, 4.69) is 317 Å². The predicted molar refractivity (Wildman–Crippen MR) is 402 cm³/mol. The first-order valence-corrected chi connectivity index (χ1v) is 33.3. The van der Waals surface area contributed by atoms with Crippen LogP contribution in [0.4, 0.5) is 34.1 Å². The van der Waals surface area contributed by atoms with Gasteiger partial charge in [-0.1, -0.05) is 253 Å². The molecule has 0 saturated heterocycles. The van der Waals surface area contributed by atoms with Crippen molar-refractivity contribution in [1.82, 2.24) is 9.97 Å². The summed E-state index contributed by atoms with van der Waals surface area (Å²) in [6.07, 6.45) is 0. The number of anilines is 6. The van der Waals surface area contributed by atoms with Gasteiger partial charge in [-0.15, -0.1) is 0 Å². The van der Waals surface area contributed by atoms with E-state index in [1.165, 1.54) is 136 Å². The van der Waals surface area contributed by atoms with Crippen LogP contribution >= 0.6 is 0 Å². The molecule has 0 spiro atoms. The maximum Gasteiger partial charge on any atom is 0.252 e. The lowest BCUT2D eigenvalue weighted by molar-refractivity contribution is 0.569. The van der Waals surface area contributed by atoms with Crippen LogP contribution in [0.25, 0.3) is 120 Å². The van der Waals surface area contributed by atoms with Crippen molar-refractivity contribution in [2.24, 2.45) is 0 Å². The van der Waals surface area contributed by atoms with Crippen LogP contribution in [0, 0.1) is 0 Å². The molecular formula is C88H73BN4. The summed E-state index contributed by atoms with van der Waals surface area (Å²) < 4.78 is 0. The summed E-state index contributed by atoms with van der Waals surface area (Å²) in [5.41, 5.74) is 19.4. The maximum absolute atomic E-state index is 5.93. The van der Waals surface area contributed by atoms with Gasteiger partial charge in [0.15, 0.2) is 5.82 Å². The summed E-state index contributed by atoms with van der Waals surface area (Å²) in [5.74, 6) is 0.684. The van der Waals surface area contributed by atoms with Crippen molar-refractivity contribution in [3.8, 4) is 22.6 Å². The van der Waals surface area contributed by atoms with Gasteiger partial charge in [-0.05, 0) is 190 Å².